The van der Waals surface area contributed by atoms with Gasteiger partial charge in [0.25, 0.3) is 11.8 Å². The zero-order valence-electron chi connectivity index (χ0n) is 17.2. The van der Waals surface area contributed by atoms with Gasteiger partial charge in [0.2, 0.25) is 11.8 Å². The van der Waals surface area contributed by atoms with Crippen LogP contribution in [0.4, 0.5) is 18.9 Å². The first-order valence-electron chi connectivity index (χ1n) is 10.1. The first-order valence-corrected chi connectivity index (χ1v) is 10.1. The molecule has 178 valence electrons. The number of fused-ring (bicyclic) bond motifs is 1. The van der Waals surface area contributed by atoms with Gasteiger partial charge in [-0.15, -0.1) is 0 Å². The predicted molar refractivity (Wildman–Crippen MR) is 105 cm³/mol. The van der Waals surface area contributed by atoms with Crippen molar-refractivity contribution < 1.29 is 41.9 Å². The van der Waals surface area contributed by atoms with E-state index in [1.165, 1.54) is 23.1 Å². The van der Waals surface area contributed by atoms with Crippen molar-refractivity contribution in [3.8, 4) is 0 Å². The van der Waals surface area contributed by atoms with Crippen LogP contribution in [0.1, 0.15) is 41.6 Å². The van der Waals surface area contributed by atoms with Crippen LogP contribution in [0.15, 0.2) is 18.2 Å². The van der Waals surface area contributed by atoms with Gasteiger partial charge in [-0.1, -0.05) is 6.07 Å². The van der Waals surface area contributed by atoms with Gasteiger partial charge in [-0.3, -0.25) is 24.5 Å². The summed E-state index contributed by atoms with van der Waals surface area (Å²) in [4.78, 5) is 61.5. The standard InChI is InChI=1S/C20H21F3N4O6/c21-20(22,23)19(32)33-14(5-2-8-24)17(30)25-12-4-1-3-10-11(12)9-27(18(10)31)13-6-7-15(28)26-16(13)29/h1,3-4,13-14H,2,5-9,24H2,(H,25,30)(H,26,28,29). The number of hydrogen-bond acceptors (Lipinski definition) is 7. The van der Waals surface area contributed by atoms with E-state index in [4.69, 9.17) is 5.73 Å². The molecule has 1 aromatic carbocycles. The van der Waals surface area contributed by atoms with Crippen molar-refractivity contribution >= 4 is 35.3 Å². The van der Waals surface area contributed by atoms with Crippen LogP contribution >= 0.6 is 0 Å². The average Bonchev–Trinajstić information content (AvgIpc) is 3.07. The number of esters is 1. The Morgan fingerprint density at radius 3 is 2.64 bits per heavy atom. The zero-order chi connectivity index (χ0) is 24.3. The lowest BCUT2D eigenvalue weighted by Gasteiger charge is -2.29. The lowest BCUT2D eigenvalue weighted by atomic mass is 10.0. The first kappa shape index (κ1) is 24.2. The summed E-state index contributed by atoms with van der Waals surface area (Å²) in [5.74, 6) is -5.05. The number of benzene rings is 1. The number of nitrogens with one attached hydrogen (secondary N) is 2. The second kappa shape index (κ2) is 9.57. The van der Waals surface area contributed by atoms with Gasteiger partial charge in [-0.05, 0) is 37.9 Å². The molecule has 2 aliphatic rings. The number of anilines is 1. The number of piperidine rings is 1. The summed E-state index contributed by atoms with van der Waals surface area (Å²) in [5.41, 5.74) is 6.02. The minimum absolute atomic E-state index is 0.0590. The predicted octanol–water partition coefficient (Wildman–Crippen LogP) is 0.599. The zero-order valence-corrected chi connectivity index (χ0v) is 17.2. The summed E-state index contributed by atoms with van der Waals surface area (Å²) in [5, 5.41) is 4.59. The molecule has 2 heterocycles. The molecule has 1 saturated heterocycles. The summed E-state index contributed by atoms with van der Waals surface area (Å²) < 4.78 is 42.1. The van der Waals surface area contributed by atoms with Crippen LogP contribution in [0.5, 0.6) is 0 Å². The van der Waals surface area contributed by atoms with Gasteiger partial charge < -0.3 is 20.7 Å². The summed E-state index contributed by atoms with van der Waals surface area (Å²) >= 11 is 0. The summed E-state index contributed by atoms with van der Waals surface area (Å²) in [6.07, 6.45) is -6.93. The SMILES string of the molecule is NCCCC(OC(=O)C(F)(F)F)C(=O)Nc1cccc2c1CN(C1CCC(=O)NC1=O)C2=O. The number of nitrogens with zero attached hydrogens (tertiary/aromatic N) is 1. The summed E-state index contributed by atoms with van der Waals surface area (Å²) in [6.45, 7) is -0.00377. The monoisotopic (exact) mass is 470 g/mol. The van der Waals surface area contributed by atoms with Gasteiger partial charge in [-0.25, -0.2) is 4.79 Å². The maximum atomic E-state index is 12.8. The number of ether oxygens (including phenoxy) is 1. The number of rotatable bonds is 7. The number of carbonyl (C=O) groups excluding carboxylic acids is 5. The third kappa shape index (κ3) is 5.30. The van der Waals surface area contributed by atoms with Gasteiger partial charge in [-0.2, -0.15) is 13.2 Å². The molecule has 0 aromatic heterocycles. The third-order valence-electron chi connectivity index (χ3n) is 5.28. The van der Waals surface area contributed by atoms with E-state index in [1.54, 1.807) is 0 Å². The molecule has 2 unspecified atom stereocenters. The van der Waals surface area contributed by atoms with Crippen molar-refractivity contribution in [2.24, 2.45) is 5.73 Å². The number of carbonyl (C=O) groups is 5. The molecule has 13 heteroatoms. The van der Waals surface area contributed by atoms with E-state index in [0.29, 0.717) is 5.56 Å². The Bertz CT molecular complexity index is 997. The minimum Gasteiger partial charge on any atom is -0.446 e. The molecule has 4 amide bonds. The summed E-state index contributed by atoms with van der Waals surface area (Å²) in [7, 11) is 0. The normalized spacial score (nSPS) is 19.1. The largest absolute Gasteiger partial charge is 0.490 e. The van der Waals surface area contributed by atoms with Crippen molar-refractivity contribution in [1.82, 2.24) is 10.2 Å². The molecule has 0 aliphatic carbocycles. The molecule has 3 rings (SSSR count). The minimum atomic E-state index is -5.27. The van der Waals surface area contributed by atoms with Crippen LogP contribution in [0, 0.1) is 0 Å². The Morgan fingerprint density at radius 2 is 2.00 bits per heavy atom. The van der Waals surface area contributed by atoms with Gasteiger partial charge >= 0.3 is 12.1 Å². The highest BCUT2D eigenvalue weighted by atomic mass is 19.4. The molecule has 10 nitrogen and oxygen atoms in total. The molecule has 0 saturated carbocycles. The highest BCUT2D eigenvalue weighted by Gasteiger charge is 2.44. The van der Waals surface area contributed by atoms with Crippen molar-refractivity contribution in [2.45, 2.75) is 50.6 Å². The van der Waals surface area contributed by atoms with Crippen LogP contribution in [-0.2, 0) is 30.5 Å². The number of alkyl halides is 3. The topological polar surface area (TPSA) is 148 Å². The number of halogens is 3. The molecule has 4 N–H and O–H groups in total. The molecular formula is C20H21F3N4O6. The first-order chi connectivity index (χ1) is 15.5. The van der Waals surface area contributed by atoms with E-state index in [1.807, 2.05) is 0 Å². The molecule has 33 heavy (non-hydrogen) atoms. The van der Waals surface area contributed by atoms with Crippen LogP contribution in [0.2, 0.25) is 0 Å². The molecule has 0 spiro atoms. The smallest absolute Gasteiger partial charge is 0.446 e. The molecule has 0 radical (unpaired) electrons. The molecule has 0 bridgehead atoms. The van der Waals surface area contributed by atoms with Gasteiger partial charge in [0.1, 0.15) is 6.04 Å². The highest BCUT2D eigenvalue weighted by Crippen LogP contribution is 2.32. The molecular weight excluding hydrogens is 449 g/mol. The number of amides is 4. The number of nitrogens with two attached hydrogens (primary N) is 1. The summed E-state index contributed by atoms with van der Waals surface area (Å²) in [6, 6.07) is 3.49. The van der Waals surface area contributed by atoms with Crippen molar-refractivity contribution in [3.05, 3.63) is 29.3 Å². The van der Waals surface area contributed by atoms with E-state index in [0.717, 1.165) is 0 Å². The molecule has 2 aliphatic heterocycles. The number of hydrogen-bond donors (Lipinski definition) is 3. The van der Waals surface area contributed by atoms with Gasteiger partial charge in [0.05, 0.1) is 0 Å². The second-order valence-electron chi connectivity index (χ2n) is 7.54. The maximum Gasteiger partial charge on any atom is 0.490 e. The van der Waals surface area contributed by atoms with Gasteiger partial charge in [0.15, 0.2) is 6.10 Å². The number of imide groups is 1. The fraction of sp³-hybridized carbons (Fsp3) is 0.450. The lowest BCUT2D eigenvalue weighted by molar-refractivity contribution is -0.205. The highest BCUT2D eigenvalue weighted by molar-refractivity contribution is 6.07. The third-order valence-corrected chi connectivity index (χ3v) is 5.28. The van der Waals surface area contributed by atoms with Crippen molar-refractivity contribution in [3.63, 3.8) is 0 Å². The van der Waals surface area contributed by atoms with Crippen molar-refractivity contribution in [1.29, 1.82) is 0 Å². The van der Waals surface area contributed by atoms with Crippen molar-refractivity contribution in [2.75, 3.05) is 11.9 Å². The van der Waals surface area contributed by atoms with Crippen LogP contribution in [0.3, 0.4) is 0 Å². The fourth-order valence-electron chi connectivity index (χ4n) is 3.66. The Morgan fingerprint density at radius 1 is 1.27 bits per heavy atom. The Balaban J connectivity index is 1.78. The quantitative estimate of drug-likeness (QED) is 0.390. The second-order valence-corrected chi connectivity index (χ2v) is 7.54. The maximum absolute atomic E-state index is 12.8. The Labute approximate surface area is 185 Å². The van der Waals surface area contributed by atoms with Crippen LogP contribution < -0.4 is 16.4 Å². The van der Waals surface area contributed by atoms with Crippen LogP contribution in [0.25, 0.3) is 0 Å². The molecule has 1 aromatic rings. The van der Waals surface area contributed by atoms with Crippen LogP contribution in [-0.4, -0.2) is 59.4 Å². The molecule has 1 fully saturated rings. The lowest BCUT2D eigenvalue weighted by Crippen LogP contribution is -2.52. The van der Waals surface area contributed by atoms with E-state index in [2.05, 4.69) is 15.4 Å². The van der Waals surface area contributed by atoms with E-state index >= 15 is 0 Å². The fourth-order valence-corrected chi connectivity index (χ4v) is 3.66. The van der Waals surface area contributed by atoms with E-state index in [9.17, 15) is 37.1 Å². The average molecular weight is 470 g/mol. The van der Waals surface area contributed by atoms with Gasteiger partial charge in [0, 0.05) is 29.8 Å². The van der Waals surface area contributed by atoms with E-state index in [-0.39, 0.29) is 50.0 Å². The molecule has 2 atom stereocenters. The Kier molecular flexibility index (Phi) is 7.01. The Hall–Kier alpha value is -3.48. The van der Waals surface area contributed by atoms with E-state index < -0.39 is 47.9 Å².